The monoisotopic (exact) mass is 314 g/mol. The van der Waals surface area contributed by atoms with Crippen molar-refractivity contribution in [3.63, 3.8) is 0 Å². The number of rotatable bonds is 7. The molecular formula is C17H34N2OS. The van der Waals surface area contributed by atoms with E-state index in [9.17, 15) is 0 Å². The van der Waals surface area contributed by atoms with E-state index in [0.717, 1.165) is 13.2 Å². The minimum Gasteiger partial charge on any atom is -0.383 e. The van der Waals surface area contributed by atoms with Crippen LogP contribution in [0, 0.1) is 5.41 Å². The summed E-state index contributed by atoms with van der Waals surface area (Å²) in [5, 5.41) is 3.67. The summed E-state index contributed by atoms with van der Waals surface area (Å²) in [6, 6.07) is 0. The Morgan fingerprint density at radius 3 is 2.62 bits per heavy atom. The maximum Gasteiger partial charge on any atom is 0.0587 e. The standard InChI is InChI=1S/C17H34N2OS/c1-20-12-9-18-15-17(7-4-2-3-5-8-17)16-19-10-6-13-21-14-11-19/h18H,2-16H2,1H3. The van der Waals surface area contributed by atoms with Crippen molar-refractivity contribution < 1.29 is 4.74 Å². The van der Waals surface area contributed by atoms with Crippen molar-refractivity contribution in [2.45, 2.75) is 44.9 Å². The van der Waals surface area contributed by atoms with Crippen LogP contribution in [0.3, 0.4) is 0 Å². The highest BCUT2D eigenvalue weighted by molar-refractivity contribution is 7.99. The van der Waals surface area contributed by atoms with E-state index >= 15 is 0 Å². The highest BCUT2D eigenvalue weighted by Gasteiger charge is 2.32. The lowest BCUT2D eigenvalue weighted by Crippen LogP contribution is -2.45. The molecule has 1 aliphatic carbocycles. The Morgan fingerprint density at radius 1 is 1.05 bits per heavy atom. The van der Waals surface area contributed by atoms with Crippen molar-refractivity contribution in [1.29, 1.82) is 0 Å². The molecule has 2 fully saturated rings. The van der Waals surface area contributed by atoms with Crippen molar-refractivity contribution in [3.05, 3.63) is 0 Å². The molecule has 0 spiro atoms. The quantitative estimate of drug-likeness (QED) is 0.577. The lowest BCUT2D eigenvalue weighted by molar-refractivity contribution is 0.127. The molecule has 21 heavy (non-hydrogen) atoms. The van der Waals surface area contributed by atoms with Crippen molar-refractivity contribution in [2.75, 3.05) is 57.9 Å². The molecule has 0 amide bonds. The predicted octanol–water partition coefficient (Wildman–Crippen LogP) is 3.00. The van der Waals surface area contributed by atoms with Gasteiger partial charge in [-0.25, -0.2) is 0 Å². The Morgan fingerprint density at radius 2 is 1.86 bits per heavy atom. The second-order valence-electron chi connectivity index (χ2n) is 6.83. The lowest BCUT2D eigenvalue weighted by Gasteiger charge is -2.38. The number of ether oxygens (including phenoxy) is 1. The molecule has 0 radical (unpaired) electrons. The van der Waals surface area contributed by atoms with E-state index in [1.54, 1.807) is 7.11 Å². The summed E-state index contributed by atoms with van der Waals surface area (Å²) in [7, 11) is 1.79. The molecule has 0 unspecified atom stereocenters. The van der Waals surface area contributed by atoms with E-state index in [1.807, 2.05) is 0 Å². The minimum atomic E-state index is 0.513. The van der Waals surface area contributed by atoms with Crippen LogP contribution in [0.1, 0.15) is 44.9 Å². The molecule has 0 aromatic heterocycles. The Hall–Kier alpha value is 0.230. The molecule has 1 heterocycles. The molecule has 0 atom stereocenters. The molecule has 1 saturated heterocycles. The number of hydrogen-bond acceptors (Lipinski definition) is 4. The molecule has 1 aliphatic heterocycles. The van der Waals surface area contributed by atoms with Gasteiger partial charge in [-0.15, -0.1) is 0 Å². The van der Waals surface area contributed by atoms with Crippen molar-refractivity contribution in [2.24, 2.45) is 5.41 Å². The van der Waals surface area contributed by atoms with Crippen LogP contribution in [-0.2, 0) is 4.74 Å². The zero-order chi connectivity index (χ0) is 14.8. The lowest BCUT2D eigenvalue weighted by atomic mass is 9.79. The fraction of sp³-hybridized carbons (Fsp3) is 1.00. The molecule has 4 heteroatoms. The summed E-state index contributed by atoms with van der Waals surface area (Å²) in [6.07, 6.45) is 9.93. The zero-order valence-electron chi connectivity index (χ0n) is 13.9. The Balaban J connectivity index is 1.89. The fourth-order valence-corrected chi connectivity index (χ4v) is 4.75. The van der Waals surface area contributed by atoms with Gasteiger partial charge in [0.05, 0.1) is 6.61 Å². The Bertz CT molecular complexity index is 260. The van der Waals surface area contributed by atoms with E-state index in [0.29, 0.717) is 5.41 Å². The number of hydrogen-bond donors (Lipinski definition) is 1. The van der Waals surface area contributed by atoms with Gasteiger partial charge in [0, 0.05) is 39.0 Å². The highest BCUT2D eigenvalue weighted by atomic mass is 32.2. The normalized spacial score (nSPS) is 24.4. The first kappa shape index (κ1) is 17.6. The number of nitrogens with zero attached hydrogens (tertiary/aromatic N) is 1. The van der Waals surface area contributed by atoms with E-state index in [1.165, 1.54) is 82.6 Å². The molecule has 0 bridgehead atoms. The smallest absolute Gasteiger partial charge is 0.0587 e. The first-order valence-electron chi connectivity index (χ1n) is 8.84. The molecular weight excluding hydrogens is 280 g/mol. The van der Waals surface area contributed by atoms with Gasteiger partial charge in [0.1, 0.15) is 0 Å². The second kappa shape index (κ2) is 10.1. The van der Waals surface area contributed by atoms with Crippen LogP contribution in [-0.4, -0.2) is 62.8 Å². The van der Waals surface area contributed by atoms with Crippen molar-refractivity contribution >= 4 is 11.8 Å². The van der Waals surface area contributed by atoms with Crippen LogP contribution in [0.15, 0.2) is 0 Å². The van der Waals surface area contributed by atoms with Crippen LogP contribution >= 0.6 is 11.8 Å². The topological polar surface area (TPSA) is 24.5 Å². The molecule has 0 aromatic rings. The predicted molar refractivity (Wildman–Crippen MR) is 93.3 cm³/mol. The average Bonchev–Trinajstić information content (AvgIpc) is 2.87. The van der Waals surface area contributed by atoms with Gasteiger partial charge in [0.25, 0.3) is 0 Å². The maximum absolute atomic E-state index is 5.18. The molecule has 0 aromatic carbocycles. The van der Waals surface area contributed by atoms with Gasteiger partial charge in [-0.1, -0.05) is 25.7 Å². The van der Waals surface area contributed by atoms with Crippen LogP contribution < -0.4 is 5.32 Å². The molecule has 124 valence electrons. The SMILES string of the molecule is COCCNCC1(CN2CCCSCC2)CCCCCC1. The van der Waals surface area contributed by atoms with Crippen LogP contribution in [0.2, 0.25) is 0 Å². The largest absolute Gasteiger partial charge is 0.383 e. The number of thioether (sulfide) groups is 1. The molecule has 2 aliphatic rings. The van der Waals surface area contributed by atoms with Gasteiger partial charge >= 0.3 is 0 Å². The summed E-state index contributed by atoms with van der Waals surface area (Å²) < 4.78 is 5.18. The highest BCUT2D eigenvalue weighted by Crippen LogP contribution is 2.35. The summed E-state index contributed by atoms with van der Waals surface area (Å²) in [5.74, 6) is 2.68. The third-order valence-corrected chi connectivity index (χ3v) is 6.07. The Labute approximate surface area is 135 Å². The summed E-state index contributed by atoms with van der Waals surface area (Å²) in [4.78, 5) is 2.75. The number of methoxy groups -OCH3 is 1. The van der Waals surface area contributed by atoms with Crippen LogP contribution in [0.25, 0.3) is 0 Å². The first-order chi connectivity index (χ1) is 10.3. The number of nitrogens with one attached hydrogen (secondary N) is 1. The first-order valence-corrected chi connectivity index (χ1v) is 10.00. The zero-order valence-corrected chi connectivity index (χ0v) is 14.7. The van der Waals surface area contributed by atoms with Gasteiger partial charge in [0.2, 0.25) is 0 Å². The van der Waals surface area contributed by atoms with Crippen LogP contribution in [0.4, 0.5) is 0 Å². The van der Waals surface area contributed by atoms with Gasteiger partial charge < -0.3 is 15.0 Å². The molecule has 3 nitrogen and oxygen atoms in total. The summed E-state index contributed by atoms with van der Waals surface area (Å²) in [5.41, 5.74) is 0.513. The van der Waals surface area contributed by atoms with E-state index in [4.69, 9.17) is 4.74 Å². The molecule has 2 rings (SSSR count). The summed E-state index contributed by atoms with van der Waals surface area (Å²) in [6.45, 7) is 6.93. The van der Waals surface area contributed by atoms with Crippen molar-refractivity contribution in [3.8, 4) is 0 Å². The van der Waals surface area contributed by atoms with Crippen LogP contribution in [0.5, 0.6) is 0 Å². The molecule has 1 N–H and O–H groups in total. The van der Waals surface area contributed by atoms with E-state index in [-0.39, 0.29) is 0 Å². The Kier molecular flexibility index (Phi) is 8.45. The third kappa shape index (κ3) is 6.47. The van der Waals surface area contributed by atoms with E-state index < -0.39 is 0 Å². The van der Waals surface area contributed by atoms with Crippen molar-refractivity contribution in [1.82, 2.24) is 10.2 Å². The third-order valence-electron chi connectivity index (χ3n) is 5.02. The van der Waals surface area contributed by atoms with Gasteiger partial charge in [0.15, 0.2) is 0 Å². The minimum absolute atomic E-state index is 0.513. The van der Waals surface area contributed by atoms with Gasteiger partial charge in [-0.2, -0.15) is 11.8 Å². The van der Waals surface area contributed by atoms with E-state index in [2.05, 4.69) is 22.0 Å². The maximum atomic E-state index is 5.18. The van der Waals surface area contributed by atoms with Gasteiger partial charge in [-0.05, 0) is 37.0 Å². The summed E-state index contributed by atoms with van der Waals surface area (Å²) >= 11 is 2.14. The molecule has 1 saturated carbocycles. The fourth-order valence-electron chi connectivity index (χ4n) is 3.83. The second-order valence-corrected chi connectivity index (χ2v) is 8.05. The average molecular weight is 315 g/mol. The van der Waals surface area contributed by atoms with Gasteiger partial charge in [-0.3, -0.25) is 0 Å².